The predicted octanol–water partition coefficient (Wildman–Crippen LogP) is 3.79. The van der Waals surface area contributed by atoms with Gasteiger partial charge in [-0.05, 0) is 37.8 Å². The first-order valence-corrected chi connectivity index (χ1v) is 7.04. The minimum atomic E-state index is -0.718. The fourth-order valence-corrected chi connectivity index (χ4v) is 2.43. The Morgan fingerprint density at radius 2 is 1.84 bits per heavy atom. The molecule has 1 N–H and O–H groups in total. The largest absolute Gasteiger partial charge is 0.481 e. The van der Waals surface area contributed by atoms with Gasteiger partial charge in [-0.1, -0.05) is 32.0 Å². The van der Waals surface area contributed by atoms with Gasteiger partial charge < -0.3 is 10.0 Å². The summed E-state index contributed by atoms with van der Waals surface area (Å²) in [5, 5.41) is 8.76. The minimum absolute atomic E-state index is 0.234. The Morgan fingerprint density at radius 3 is 2.37 bits per heavy atom. The summed E-state index contributed by atoms with van der Waals surface area (Å²) in [5.74, 6) is -0.0785. The molecule has 0 saturated carbocycles. The van der Waals surface area contributed by atoms with E-state index in [0.717, 1.165) is 13.0 Å². The zero-order chi connectivity index (χ0) is 14.3. The van der Waals surface area contributed by atoms with E-state index in [-0.39, 0.29) is 6.42 Å². The highest BCUT2D eigenvalue weighted by Gasteiger charge is 2.15. The number of anilines is 1. The summed E-state index contributed by atoms with van der Waals surface area (Å²) >= 11 is 0. The van der Waals surface area contributed by atoms with E-state index in [9.17, 15) is 4.79 Å². The van der Waals surface area contributed by atoms with Crippen molar-refractivity contribution in [3.63, 3.8) is 0 Å². The van der Waals surface area contributed by atoms with Gasteiger partial charge in [-0.2, -0.15) is 0 Å². The van der Waals surface area contributed by atoms with Crippen molar-refractivity contribution in [2.45, 2.75) is 46.1 Å². The summed E-state index contributed by atoms with van der Waals surface area (Å²) in [4.78, 5) is 13.0. The first kappa shape index (κ1) is 15.5. The molecule has 0 saturated heterocycles. The molecule has 1 unspecified atom stereocenters. The number of rotatable bonds is 8. The lowest BCUT2D eigenvalue weighted by Crippen LogP contribution is -2.35. The Bertz CT molecular complexity index is 376. The van der Waals surface area contributed by atoms with Crippen LogP contribution >= 0.6 is 0 Å². The number of carboxylic acids is 1. The molecule has 3 nitrogen and oxygen atoms in total. The van der Waals surface area contributed by atoms with Crippen LogP contribution in [-0.4, -0.2) is 23.7 Å². The van der Waals surface area contributed by atoms with Gasteiger partial charge in [0.15, 0.2) is 0 Å². The molecule has 1 aromatic rings. The zero-order valence-electron chi connectivity index (χ0n) is 12.2. The number of para-hydroxylation sites is 1. The van der Waals surface area contributed by atoms with E-state index in [1.807, 2.05) is 18.2 Å². The standard InChI is InChI=1S/C16H25NO2/c1-13(2)12-14(3)17(11-7-10-16(18)19)15-8-5-4-6-9-15/h4-6,8-9,13-14H,7,10-12H2,1-3H3,(H,18,19). The van der Waals surface area contributed by atoms with Crippen LogP contribution in [0.15, 0.2) is 30.3 Å². The van der Waals surface area contributed by atoms with Gasteiger partial charge in [-0.3, -0.25) is 4.79 Å². The fraction of sp³-hybridized carbons (Fsp3) is 0.562. The highest BCUT2D eigenvalue weighted by Crippen LogP contribution is 2.21. The molecule has 1 atom stereocenters. The average Bonchev–Trinajstić information content (AvgIpc) is 2.34. The van der Waals surface area contributed by atoms with Crippen molar-refractivity contribution in [3.05, 3.63) is 30.3 Å². The Hall–Kier alpha value is -1.51. The number of carbonyl (C=O) groups is 1. The molecular weight excluding hydrogens is 238 g/mol. The SMILES string of the molecule is CC(C)CC(C)N(CCCC(=O)O)c1ccccc1. The van der Waals surface area contributed by atoms with E-state index < -0.39 is 5.97 Å². The molecule has 0 heterocycles. The van der Waals surface area contributed by atoms with Crippen LogP contribution in [0.5, 0.6) is 0 Å². The number of carboxylic acid groups (broad SMARTS) is 1. The van der Waals surface area contributed by atoms with Crippen LogP contribution in [0.25, 0.3) is 0 Å². The maximum Gasteiger partial charge on any atom is 0.303 e. The van der Waals surface area contributed by atoms with Crippen molar-refractivity contribution in [2.75, 3.05) is 11.4 Å². The van der Waals surface area contributed by atoms with Crippen LogP contribution in [0.3, 0.4) is 0 Å². The van der Waals surface area contributed by atoms with Gasteiger partial charge in [-0.25, -0.2) is 0 Å². The van der Waals surface area contributed by atoms with E-state index in [2.05, 4.69) is 37.8 Å². The van der Waals surface area contributed by atoms with E-state index in [1.54, 1.807) is 0 Å². The highest BCUT2D eigenvalue weighted by molar-refractivity contribution is 5.66. The summed E-state index contributed by atoms with van der Waals surface area (Å²) < 4.78 is 0. The van der Waals surface area contributed by atoms with E-state index >= 15 is 0 Å². The maximum atomic E-state index is 10.6. The summed E-state index contributed by atoms with van der Waals surface area (Å²) in [7, 11) is 0. The molecule has 0 bridgehead atoms. The van der Waals surface area contributed by atoms with Crippen molar-refractivity contribution >= 4 is 11.7 Å². The number of hydrogen-bond acceptors (Lipinski definition) is 2. The summed E-state index contributed by atoms with van der Waals surface area (Å²) in [5.41, 5.74) is 1.18. The number of aliphatic carboxylic acids is 1. The third-order valence-corrected chi connectivity index (χ3v) is 3.22. The van der Waals surface area contributed by atoms with Gasteiger partial charge >= 0.3 is 5.97 Å². The van der Waals surface area contributed by atoms with E-state index in [0.29, 0.717) is 18.4 Å². The van der Waals surface area contributed by atoms with Crippen LogP contribution in [0.1, 0.15) is 40.0 Å². The van der Waals surface area contributed by atoms with Crippen molar-refractivity contribution in [1.29, 1.82) is 0 Å². The van der Waals surface area contributed by atoms with Crippen LogP contribution in [0, 0.1) is 5.92 Å². The molecule has 1 rings (SSSR count). The quantitative estimate of drug-likeness (QED) is 0.775. The van der Waals surface area contributed by atoms with Crippen LogP contribution in [0.4, 0.5) is 5.69 Å². The summed E-state index contributed by atoms with van der Waals surface area (Å²) in [6, 6.07) is 10.7. The first-order chi connectivity index (χ1) is 9.00. The second kappa shape index (κ2) is 7.82. The van der Waals surface area contributed by atoms with E-state index in [1.165, 1.54) is 5.69 Å². The monoisotopic (exact) mass is 263 g/mol. The van der Waals surface area contributed by atoms with Crippen LogP contribution < -0.4 is 4.90 Å². The Kier molecular flexibility index (Phi) is 6.40. The second-order valence-corrected chi connectivity index (χ2v) is 5.50. The van der Waals surface area contributed by atoms with Gasteiger partial charge in [0.1, 0.15) is 0 Å². The van der Waals surface area contributed by atoms with Crippen molar-refractivity contribution in [1.82, 2.24) is 0 Å². The number of benzene rings is 1. The lowest BCUT2D eigenvalue weighted by atomic mass is 10.0. The minimum Gasteiger partial charge on any atom is -0.481 e. The molecule has 0 aliphatic rings. The molecule has 106 valence electrons. The summed E-state index contributed by atoms with van der Waals surface area (Å²) in [6.45, 7) is 7.45. The average molecular weight is 263 g/mol. The van der Waals surface area contributed by atoms with Gasteiger partial charge in [0.2, 0.25) is 0 Å². The van der Waals surface area contributed by atoms with Gasteiger partial charge in [0.05, 0.1) is 0 Å². The van der Waals surface area contributed by atoms with Crippen molar-refractivity contribution < 1.29 is 9.90 Å². The molecule has 19 heavy (non-hydrogen) atoms. The third kappa shape index (κ3) is 5.77. The molecule has 3 heteroatoms. The van der Waals surface area contributed by atoms with Crippen LogP contribution in [-0.2, 0) is 4.79 Å². The topological polar surface area (TPSA) is 40.5 Å². The Morgan fingerprint density at radius 1 is 1.21 bits per heavy atom. The normalized spacial score (nSPS) is 12.4. The Balaban J connectivity index is 2.70. The highest BCUT2D eigenvalue weighted by atomic mass is 16.4. The first-order valence-electron chi connectivity index (χ1n) is 7.04. The predicted molar refractivity (Wildman–Crippen MR) is 79.6 cm³/mol. The molecule has 0 aromatic heterocycles. The smallest absolute Gasteiger partial charge is 0.303 e. The number of nitrogens with zero attached hydrogens (tertiary/aromatic N) is 1. The van der Waals surface area contributed by atoms with Crippen molar-refractivity contribution in [2.24, 2.45) is 5.92 Å². The molecule has 0 aliphatic carbocycles. The maximum absolute atomic E-state index is 10.6. The second-order valence-electron chi connectivity index (χ2n) is 5.50. The third-order valence-electron chi connectivity index (χ3n) is 3.22. The lowest BCUT2D eigenvalue weighted by Gasteiger charge is -2.32. The fourth-order valence-electron chi connectivity index (χ4n) is 2.43. The van der Waals surface area contributed by atoms with Gasteiger partial charge in [-0.15, -0.1) is 0 Å². The van der Waals surface area contributed by atoms with Gasteiger partial charge in [0.25, 0.3) is 0 Å². The molecule has 0 fully saturated rings. The van der Waals surface area contributed by atoms with Gasteiger partial charge in [0, 0.05) is 24.7 Å². The molecule has 0 spiro atoms. The van der Waals surface area contributed by atoms with E-state index in [4.69, 9.17) is 5.11 Å². The van der Waals surface area contributed by atoms with Crippen LogP contribution in [0.2, 0.25) is 0 Å². The zero-order valence-corrected chi connectivity index (χ0v) is 12.2. The summed E-state index contributed by atoms with van der Waals surface area (Å²) in [6.07, 6.45) is 2.03. The molecule has 1 aromatic carbocycles. The molecular formula is C16H25NO2. The Labute approximate surface area is 116 Å². The molecule has 0 amide bonds. The number of hydrogen-bond donors (Lipinski definition) is 1. The molecule has 0 radical (unpaired) electrons. The molecule has 0 aliphatic heterocycles. The van der Waals surface area contributed by atoms with Crippen molar-refractivity contribution in [3.8, 4) is 0 Å². The lowest BCUT2D eigenvalue weighted by molar-refractivity contribution is -0.137.